The molecule has 0 aliphatic heterocycles. The molecule has 0 saturated heterocycles. The van der Waals surface area contributed by atoms with Crippen LogP contribution in [-0.2, 0) is 4.74 Å². The van der Waals surface area contributed by atoms with Gasteiger partial charge in [-0.2, -0.15) is 0 Å². The minimum atomic E-state index is -0.630. The lowest BCUT2D eigenvalue weighted by molar-refractivity contribution is 0.0900. The molecule has 1 rings (SSSR count). The number of hydrogen-bond donors (Lipinski definition) is 1. The highest BCUT2D eigenvalue weighted by molar-refractivity contribution is 5.67. The Morgan fingerprint density at radius 3 is 2.47 bits per heavy atom. The van der Waals surface area contributed by atoms with E-state index in [4.69, 9.17) is 4.74 Å². The zero-order chi connectivity index (χ0) is 14.4. The summed E-state index contributed by atoms with van der Waals surface area (Å²) in [5, 5.41) is 10.1. The molecule has 104 valence electrons. The van der Waals surface area contributed by atoms with E-state index in [-0.39, 0.29) is 0 Å². The molecular formula is C15H21NO3. The standard InChI is InChI=1S/C15H21NO3/c1-11(12(2)19-15(18)16(3)4)10-14(17)13-8-6-5-7-9-13/h5-9,12,14,17H,1,10H2,2-4H3/t12-,14-/m0/s1. The van der Waals surface area contributed by atoms with E-state index in [1.165, 1.54) is 4.90 Å². The van der Waals surface area contributed by atoms with Gasteiger partial charge in [0, 0.05) is 20.5 Å². The van der Waals surface area contributed by atoms with E-state index in [0.29, 0.717) is 12.0 Å². The lowest BCUT2D eigenvalue weighted by Gasteiger charge is -2.20. The number of aliphatic hydroxyl groups is 1. The number of aliphatic hydroxyl groups excluding tert-OH is 1. The van der Waals surface area contributed by atoms with Gasteiger partial charge in [0.15, 0.2) is 0 Å². The molecule has 0 saturated carbocycles. The van der Waals surface area contributed by atoms with E-state index < -0.39 is 18.3 Å². The van der Waals surface area contributed by atoms with Crippen molar-refractivity contribution in [2.75, 3.05) is 14.1 Å². The van der Waals surface area contributed by atoms with Crippen LogP contribution in [0.1, 0.15) is 25.0 Å². The molecule has 4 heteroatoms. The molecule has 1 aromatic carbocycles. The van der Waals surface area contributed by atoms with Crippen molar-refractivity contribution in [3.05, 3.63) is 48.0 Å². The van der Waals surface area contributed by atoms with E-state index >= 15 is 0 Å². The first kappa shape index (κ1) is 15.2. The van der Waals surface area contributed by atoms with Gasteiger partial charge in [-0.3, -0.25) is 0 Å². The number of rotatable bonds is 5. The minimum absolute atomic E-state index is 0.367. The zero-order valence-electron chi connectivity index (χ0n) is 11.7. The van der Waals surface area contributed by atoms with Crippen LogP contribution in [0.2, 0.25) is 0 Å². The highest BCUT2D eigenvalue weighted by Gasteiger charge is 2.17. The predicted molar refractivity (Wildman–Crippen MR) is 74.8 cm³/mol. The summed E-state index contributed by atoms with van der Waals surface area (Å²) < 4.78 is 5.19. The van der Waals surface area contributed by atoms with E-state index in [1.54, 1.807) is 21.0 Å². The molecule has 0 bridgehead atoms. The first-order valence-corrected chi connectivity index (χ1v) is 6.20. The van der Waals surface area contributed by atoms with Gasteiger partial charge in [0.1, 0.15) is 6.10 Å². The molecule has 0 spiro atoms. The SMILES string of the molecule is C=C(C[C@H](O)c1ccccc1)[C@H](C)OC(=O)N(C)C. The van der Waals surface area contributed by atoms with E-state index in [0.717, 1.165) is 5.56 Å². The molecule has 0 heterocycles. The minimum Gasteiger partial charge on any atom is -0.442 e. The Balaban J connectivity index is 2.53. The first-order chi connectivity index (χ1) is 8.91. The van der Waals surface area contributed by atoms with Crippen molar-refractivity contribution in [3.8, 4) is 0 Å². The molecule has 1 amide bonds. The second kappa shape index (κ2) is 6.95. The quantitative estimate of drug-likeness (QED) is 0.831. The maximum Gasteiger partial charge on any atom is 0.409 e. The number of carbonyl (C=O) groups excluding carboxylic acids is 1. The van der Waals surface area contributed by atoms with Gasteiger partial charge in [-0.1, -0.05) is 36.9 Å². The smallest absolute Gasteiger partial charge is 0.409 e. The summed E-state index contributed by atoms with van der Waals surface area (Å²) in [5.41, 5.74) is 1.52. The largest absolute Gasteiger partial charge is 0.442 e. The zero-order valence-corrected chi connectivity index (χ0v) is 11.7. The predicted octanol–water partition coefficient (Wildman–Crippen LogP) is 2.75. The summed E-state index contributed by atoms with van der Waals surface area (Å²) in [6.45, 7) is 5.63. The van der Waals surface area contributed by atoms with Crippen LogP contribution in [0.4, 0.5) is 4.79 Å². The third kappa shape index (κ3) is 4.75. The molecule has 4 nitrogen and oxygen atoms in total. The highest BCUT2D eigenvalue weighted by Crippen LogP contribution is 2.22. The Morgan fingerprint density at radius 1 is 1.37 bits per heavy atom. The Morgan fingerprint density at radius 2 is 1.95 bits per heavy atom. The maximum absolute atomic E-state index is 11.4. The molecule has 1 aromatic rings. The third-order valence-electron chi connectivity index (χ3n) is 2.86. The molecule has 0 aromatic heterocycles. The molecule has 2 atom stereocenters. The third-order valence-corrected chi connectivity index (χ3v) is 2.86. The summed E-state index contributed by atoms with van der Waals surface area (Å²) >= 11 is 0. The van der Waals surface area contributed by atoms with Crippen molar-refractivity contribution >= 4 is 6.09 Å². The summed E-state index contributed by atoms with van der Waals surface area (Å²) in [5.74, 6) is 0. The van der Waals surface area contributed by atoms with Crippen LogP contribution in [0.5, 0.6) is 0 Å². The number of ether oxygens (including phenoxy) is 1. The summed E-state index contributed by atoms with van der Waals surface area (Å²) in [6.07, 6.45) is -1.10. The number of amides is 1. The van der Waals surface area contributed by atoms with Gasteiger partial charge in [-0.05, 0) is 18.1 Å². The molecule has 0 unspecified atom stereocenters. The highest BCUT2D eigenvalue weighted by atomic mass is 16.6. The lowest BCUT2D eigenvalue weighted by Crippen LogP contribution is -2.27. The molecular weight excluding hydrogens is 242 g/mol. The van der Waals surface area contributed by atoms with E-state index in [2.05, 4.69) is 6.58 Å². The fraction of sp³-hybridized carbons (Fsp3) is 0.400. The Hall–Kier alpha value is -1.81. The van der Waals surface area contributed by atoms with Crippen LogP contribution >= 0.6 is 0 Å². The molecule has 1 N–H and O–H groups in total. The van der Waals surface area contributed by atoms with Crippen LogP contribution in [0.3, 0.4) is 0 Å². The fourth-order valence-corrected chi connectivity index (χ4v) is 1.55. The molecule has 0 aliphatic rings. The lowest BCUT2D eigenvalue weighted by atomic mass is 10.00. The van der Waals surface area contributed by atoms with Gasteiger partial charge in [0.05, 0.1) is 6.10 Å². The van der Waals surface area contributed by atoms with Crippen molar-refractivity contribution in [1.29, 1.82) is 0 Å². The fourth-order valence-electron chi connectivity index (χ4n) is 1.55. The molecule has 19 heavy (non-hydrogen) atoms. The van der Waals surface area contributed by atoms with Crippen LogP contribution in [0.15, 0.2) is 42.5 Å². The number of hydrogen-bond acceptors (Lipinski definition) is 3. The van der Waals surface area contributed by atoms with Crippen molar-refractivity contribution in [1.82, 2.24) is 4.90 Å². The van der Waals surface area contributed by atoms with Gasteiger partial charge < -0.3 is 14.7 Å². The average Bonchev–Trinajstić information content (AvgIpc) is 2.39. The van der Waals surface area contributed by atoms with E-state index in [1.807, 2.05) is 30.3 Å². The van der Waals surface area contributed by atoms with Crippen molar-refractivity contribution in [2.45, 2.75) is 25.6 Å². The molecule has 0 aliphatic carbocycles. The van der Waals surface area contributed by atoms with Gasteiger partial charge >= 0.3 is 6.09 Å². The van der Waals surface area contributed by atoms with Gasteiger partial charge in [0.25, 0.3) is 0 Å². The Bertz CT molecular complexity index is 428. The van der Waals surface area contributed by atoms with E-state index in [9.17, 15) is 9.90 Å². The Labute approximate surface area is 114 Å². The maximum atomic E-state index is 11.4. The molecule has 0 radical (unpaired) electrons. The van der Waals surface area contributed by atoms with Crippen molar-refractivity contribution in [3.63, 3.8) is 0 Å². The number of nitrogens with zero attached hydrogens (tertiary/aromatic N) is 1. The summed E-state index contributed by atoms with van der Waals surface area (Å²) in [7, 11) is 3.24. The van der Waals surface area contributed by atoms with Crippen molar-refractivity contribution in [2.24, 2.45) is 0 Å². The number of carbonyl (C=O) groups is 1. The first-order valence-electron chi connectivity index (χ1n) is 6.20. The monoisotopic (exact) mass is 263 g/mol. The van der Waals surface area contributed by atoms with Crippen molar-refractivity contribution < 1.29 is 14.6 Å². The van der Waals surface area contributed by atoms with Crippen LogP contribution in [0, 0.1) is 0 Å². The second-order valence-electron chi connectivity index (χ2n) is 4.71. The van der Waals surface area contributed by atoms with Gasteiger partial charge in [-0.25, -0.2) is 4.79 Å². The summed E-state index contributed by atoms with van der Waals surface area (Å²) in [6, 6.07) is 9.35. The van der Waals surface area contributed by atoms with Gasteiger partial charge in [0.2, 0.25) is 0 Å². The van der Waals surface area contributed by atoms with Crippen LogP contribution in [0.25, 0.3) is 0 Å². The summed E-state index contributed by atoms with van der Waals surface area (Å²) in [4.78, 5) is 12.8. The number of benzene rings is 1. The van der Waals surface area contributed by atoms with Crippen LogP contribution < -0.4 is 0 Å². The Kier molecular flexibility index (Phi) is 5.57. The topological polar surface area (TPSA) is 49.8 Å². The average molecular weight is 263 g/mol. The second-order valence-corrected chi connectivity index (χ2v) is 4.71. The normalized spacial score (nSPS) is 13.5. The van der Waals surface area contributed by atoms with Crippen LogP contribution in [-0.4, -0.2) is 36.3 Å². The molecule has 0 fully saturated rings. The van der Waals surface area contributed by atoms with Gasteiger partial charge in [-0.15, -0.1) is 0 Å².